The molecule has 2 aromatic carbocycles. The molecule has 0 radical (unpaired) electrons. The summed E-state index contributed by atoms with van der Waals surface area (Å²) in [7, 11) is 0. The molecule has 2 aromatic rings. The van der Waals surface area contributed by atoms with Crippen LogP contribution >= 0.6 is 11.6 Å². The number of nitrogens with one attached hydrogen (secondary N) is 1. The molecule has 2 aliphatic rings. The molecule has 1 saturated carbocycles. The first-order valence-electron chi connectivity index (χ1n) is 8.02. The number of rotatable bonds is 1. The van der Waals surface area contributed by atoms with E-state index >= 15 is 0 Å². The summed E-state index contributed by atoms with van der Waals surface area (Å²) in [6, 6.07) is 10.7. The van der Waals surface area contributed by atoms with Gasteiger partial charge in [0.15, 0.2) is 0 Å². The molecular formula is C19H17ClFNO. The zero-order valence-corrected chi connectivity index (χ0v) is 13.4. The van der Waals surface area contributed by atoms with Crippen LogP contribution in [0.3, 0.4) is 0 Å². The largest absolute Gasteiger partial charge is 0.325 e. The summed E-state index contributed by atoms with van der Waals surface area (Å²) in [6.45, 7) is 0. The second kappa shape index (κ2) is 5.34. The average molecular weight is 330 g/mol. The maximum atomic E-state index is 13.4. The Morgan fingerprint density at radius 2 is 1.70 bits per heavy atom. The van der Waals surface area contributed by atoms with E-state index in [9.17, 15) is 9.18 Å². The normalized spacial score (nSPS) is 18.8. The van der Waals surface area contributed by atoms with Gasteiger partial charge in [-0.15, -0.1) is 0 Å². The fourth-order valence-electron chi connectivity index (χ4n) is 3.92. The maximum Gasteiger partial charge on any atom is 0.235 e. The standard InChI is InChI=1S/C19H17ClFNO/c20-15-11-13(4-6-16(15)21)12-5-7-17-14(10-12)19(18(23)22-17)8-2-1-3-9-19/h4-7,10-11H,1-3,8-9H2,(H,22,23). The lowest BCUT2D eigenvalue weighted by molar-refractivity contribution is -0.121. The summed E-state index contributed by atoms with van der Waals surface area (Å²) < 4.78 is 13.4. The average Bonchev–Trinajstić information content (AvgIpc) is 2.83. The van der Waals surface area contributed by atoms with Crippen molar-refractivity contribution in [2.75, 3.05) is 5.32 Å². The minimum absolute atomic E-state index is 0.115. The molecular weight excluding hydrogens is 313 g/mol. The Labute approximate surface area is 139 Å². The topological polar surface area (TPSA) is 29.1 Å². The van der Waals surface area contributed by atoms with E-state index in [4.69, 9.17) is 11.6 Å². The minimum Gasteiger partial charge on any atom is -0.325 e. The van der Waals surface area contributed by atoms with Crippen molar-refractivity contribution in [1.29, 1.82) is 0 Å². The molecule has 0 atom stereocenters. The molecule has 0 saturated heterocycles. The summed E-state index contributed by atoms with van der Waals surface area (Å²) in [5, 5.41) is 3.15. The van der Waals surface area contributed by atoms with Gasteiger partial charge >= 0.3 is 0 Å². The summed E-state index contributed by atoms with van der Waals surface area (Å²) in [5.74, 6) is -0.293. The molecule has 1 aliphatic heterocycles. The fraction of sp³-hybridized carbons (Fsp3) is 0.316. The Hall–Kier alpha value is -1.87. The molecule has 2 nitrogen and oxygen atoms in total. The van der Waals surface area contributed by atoms with Gasteiger partial charge in [0.05, 0.1) is 10.4 Å². The van der Waals surface area contributed by atoms with Crippen molar-refractivity contribution in [1.82, 2.24) is 0 Å². The summed E-state index contributed by atoms with van der Waals surface area (Å²) in [5.41, 5.74) is 3.44. The van der Waals surface area contributed by atoms with Gasteiger partial charge in [-0.3, -0.25) is 4.79 Å². The van der Waals surface area contributed by atoms with Gasteiger partial charge in [-0.2, -0.15) is 0 Å². The van der Waals surface area contributed by atoms with E-state index in [1.807, 2.05) is 12.1 Å². The van der Waals surface area contributed by atoms with Crippen LogP contribution in [0.1, 0.15) is 37.7 Å². The third-order valence-corrected chi connectivity index (χ3v) is 5.47. The van der Waals surface area contributed by atoms with Gasteiger partial charge in [-0.1, -0.05) is 43.0 Å². The zero-order valence-electron chi connectivity index (χ0n) is 12.7. The predicted octanol–water partition coefficient (Wildman–Crippen LogP) is 5.30. The number of hydrogen-bond donors (Lipinski definition) is 1. The van der Waals surface area contributed by atoms with Crippen LogP contribution in [0, 0.1) is 5.82 Å². The summed E-state index contributed by atoms with van der Waals surface area (Å²) >= 11 is 5.90. The Morgan fingerprint density at radius 3 is 2.43 bits per heavy atom. The molecule has 118 valence electrons. The first-order chi connectivity index (χ1) is 11.1. The highest BCUT2D eigenvalue weighted by atomic mass is 35.5. The van der Waals surface area contributed by atoms with E-state index in [-0.39, 0.29) is 16.3 Å². The van der Waals surface area contributed by atoms with E-state index in [1.54, 1.807) is 12.1 Å². The minimum atomic E-state index is -0.419. The molecule has 4 rings (SSSR count). The Kier molecular flexibility index (Phi) is 3.42. The molecule has 1 aliphatic carbocycles. The zero-order chi connectivity index (χ0) is 16.0. The van der Waals surface area contributed by atoms with Crippen molar-refractivity contribution in [2.24, 2.45) is 0 Å². The lowest BCUT2D eigenvalue weighted by atomic mass is 9.70. The van der Waals surface area contributed by atoms with Gasteiger partial charge in [0.25, 0.3) is 0 Å². The number of carbonyl (C=O) groups excluding carboxylic acids is 1. The highest BCUT2D eigenvalue weighted by molar-refractivity contribution is 6.31. The van der Waals surface area contributed by atoms with Crippen LogP contribution in [0.2, 0.25) is 5.02 Å². The van der Waals surface area contributed by atoms with Crippen LogP contribution in [0.15, 0.2) is 36.4 Å². The van der Waals surface area contributed by atoms with Crippen LogP contribution in [0.5, 0.6) is 0 Å². The van der Waals surface area contributed by atoms with Crippen LogP contribution in [0.25, 0.3) is 11.1 Å². The van der Waals surface area contributed by atoms with Crippen LogP contribution in [-0.2, 0) is 10.2 Å². The fourth-order valence-corrected chi connectivity index (χ4v) is 4.10. The van der Waals surface area contributed by atoms with E-state index in [0.29, 0.717) is 0 Å². The molecule has 1 amide bonds. The van der Waals surface area contributed by atoms with E-state index < -0.39 is 5.82 Å². The molecule has 1 spiro atoms. The van der Waals surface area contributed by atoms with E-state index in [0.717, 1.165) is 48.1 Å². The number of benzene rings is 2. The van der Waals surface area contributed by atoms with Gasteiger partial charge in [0.1, 0.15) is 5.82 Å². The smallest absolute Gasteiger partial charge is 0.235 e. The molecule has 23 heavy (non-hydrogen) atoms. The highest BCUT2D eigenvalue weighted by Gasteiger charge is 2.47. The van der Waals surface area contributed by atoms with E-state index in [2.05, 4.69) is 11.4 Å². The summed E-state index contributed by atoms with van der Waals surface area (Å²) in [6.07, 6.45) is 5.16. The second-order valence-electron chi connectivity index (χ2n) is 6.49. The van der Waals surface area contributed by atoms with Gasteiger partial charge < -0.3 is 5.32 Å². The number of fused-ring (bicyclic) bond motifs is 2. The van der Waals surface area contributed by atoms with Gasteiger partial charge in [0.2, 0.25) is 5.91 Å². The second-order valence-corrected chi connectivity index (χ2v) is 6.89. The van der Waals surface area contributed by atoms with Crippen molar-refractivity contribution >= 4 is 23.2 Å². The Bertz CT molecular complexity index is 796. The van der Waals surface area contributed by atoms with Gasteiger partial charge in [0, 0.05) is 5.69 Å². The lowest BCUT2D eigenvalue weighted by Crippen LogP contribution is -2.36. The van der Waals surface area contributed by atoms with Crippen molar-refractivity contribution in [3.05, 3.63) is 52.8 Å². The van der Waals surface area contributed by atoms with Crippen molar-refractivity contribution < 1.29 is 9.18 Å². The maximum absolute atomic E-state index is 13.4. The molecule has 1 heterocycles. The first kappa shape index (κ1) is 14.7. The van der Waals surface area contributed by atoms with Gasteiger partial charge in [-0.05, 0) is 53.8 Å². The number of anilines is 1. The van der Waals surface area contributed by atoms with Gasteiger partial charge in [-0.25, -0.2) is 4.39 Å². The predicted molar refractivity (Wildman–Crippen MR) is 90.2 cm³/mol. The first-order valence-corrected chi connectivity index (χ1v) is 8.39. The number of halogens is 2. The van der Waals surface area contributed by atoms with E-state index in [1.165, 1.54) is 12.5 Å². The third-order valence-electron chi connectivity index (χ3n) is 5.18. The molecule has 1 fully saturated rings. The molecule has 0 unspecified atom stereocenters. The van der Waals surface area contributed by atoms with Crippen LogP contribution in [-0.4, -0.2) is 5.91 Å². The Morgan fingerprint density at radius 1 is 1.00 bits per heavy atom. The monoisotopic (exact) mass is 329 g/mol. The van der Waals surface area contributed by atoms with Crippen molar-refractivity contribution in [3.8, 4) is 11.1 Å². The lowest BCUT2D eigenvalue weighted by Gasteiger charge is -2.31. The molecule has 0 bridgehead atoms. The van der Waals surface area contributed by atoms with Crippen molar-refractivity contribution in [3.63, 3.8) is 0 Å². The molecule has 0 aromatic heterocycles. The SMILES string of the molecule is O=C1Nc2ccc(-c3ccc(F)c(Cl)c3)cc2C12CCCCC2. The van der Waals surface area contributed by atoms with Crippen LogP contribution < -0.4 is 5.32 Å². The Balaban J connectivity index is 1.81. The van der Waals surface area contributed by atoms with Crippen LogP contribution in [0.4, 0.5) is 10.1 Å². The number of carbonyl (C=O) groups is 1. The third kappa shape index (κ3) is 2.26. The highest BCUT2D eigenvalue weighted by Crippen LogP contribution is 2.48. The quantitative estimate of drug-likeness (QED) is 0.755. The molecule has 4 heteroatoms. The molecule has 1 N–H and O–H groups in total. The number of amides is 1. The summed E-state index contributed by atoms with van der Waals surface area (Å²) in [4.78, 5) is 12.6. The van der Waals surface area contributed by atoms with Crippen molar-refractivity contribution in [2.45, 2.75) is 37.5 Å². The number of hydrogen-bond acceptors (Lipinski definition) is 1.